The first-order valence-corrected chi connectivity index (χ1v) is 8.15. The van der Waals surface area contributed by atoms with E-state index in [4.69, 9.17) is 10.5 Å². The lowest BCUT2D eigenvalue weighted by Crippen LogP contribution is -2.25. The van der Waals surface area contributed by atoms with E-state index in [2.05, 4.69) is 10.2 Å². The maximum Gasteiger partial charge on any atom is 0.224 e. The molecule has 0 spiro atoms. The number of halogens is 2. The summed E-state index contributed by atoms with van der Waals surface area (Å²) in [7, 11) is 0. The molecule has 2 rings (SSSR count). The molecule has 1 aliphatic rings. The minimum absolute atomic E-state index is 0. The molecule has 7 heteroatoms. The van der Waals surface area contributed by atoms with E-state index in [-0.39, 0.29) is 30.7 Å². The van der Waals surface area contributed by atoms with Crippen molar-refractivity contribution >= 4 is 36.4 Å². The summed E-state index contributed by atoms with van der Waals surface area (Å²) in [6, 6.07) is 5.77. The summed E-state index contributed by atoms with van der Waals surface area (Å²) in [5.74, 6) is 0.895. The lowest BCUT2D eigenvalue weighted by molar-refractivity contribution is -0.116. The van der Waals surface area contributed by atoms with Gasteiger partial charge in [-0.05, 0) is 69.6 Å². The number of nitrogens with zero attached hydrogens (tertiary/aromatic N) is 1. The molecule has 0 aromatic heterocycles. The van der Waals surface area contributed by atoms with E-state index in [1.165, 1.54) is 25.9 Å². The van der Waals surface area contributed by atoms with Gasteiger partial charge in [-0.1, -0.05) is 0 Å². The van der Waals surface area contributed by atoms with Crippen LogP contribution in [0.15, 0.2) is 18.2 Å². The molecule has 138 valence electrons. The van der Waals surface area contributed by atoms with Gasteiger partial charge in [-0.15, -0.1) is 24.8 Å². The van der Waals surface area contributed by atoms with Gasteiger partial charge in [0.2, 0.25) is 5.91 Å². The molecular weight excluding hydrogens is 349 g/mol. The second-order valence-electron chi connectivity index (χ2n) is 5.82. The Morgan fingerprint density at radius 3 is 2.62 bits per heavy atom. The summed E-state index contributed by atoms with van der Waals surface area (Å²) in [5, 5.41) is 2.89. The number of nitrogens with one attached hydrogen (secondary N) is 1. The van der Waals surface area contributed by atoms with Crippen LogP contribution in [0.3, 0.4) is 0 Å². The van der Waals surface area contributed by atoms with Crippen molar-refractivity contribution < 1.29 is 9.53 Å². The van der Waals surface area contributed by atoms with Crippen LogP contribution in [-0.2, 0) is 4.79 Å². The van der Waals surface area contributed by atoms with Crippen molar-refractivity contribution in [3.8, 4) is 5.75 Å². The molecule has 0 aliphatic carbocycles. The zero-order valence-electron chi connectivity index (χ0n) is 14.3. The number of nitrogens with two attached hydrogens (primary N) is 1. The topological polar surface area (TPSA) is 67.6 Å². The number of ether oxygens (including phenoxy) is 1. The molecule has 0 bridgehead atoms. The number of rotatable bonds is 8. The average Bonchev–Trinajstić information content (AvgIpc) is 3.00. The van der Waals surface area contributed by atoms with Crippen molar-refractivity contribution in [1.29, 1.82) is 0 Å². The minimum Gasteiger partial charge on any atom is -0.492 e. The maximum atomic E-state index is 11.7. The van der Waals surface area contributed by atoms with Crippen molar-refractivity contribution in [3.05, 3.63) is 23.8 Å². The molecule has 1 amide bonds. The van der Waals surface area contributed by atoms with E-state index in [1.54, 1.807) is 0 Å². The number of hydrogen-bond donors (Lipinski definition) is 2. The summed E-state index contributed by atoms with van der Waals surface area (Å²) >= 11 is 0. The Morgan fingerprint density at radius 1 is 1.29 bits per heavy atom. The number of benzene rings is 1. The highest BCUT2D eigenvalue weighted by Crippen LogP contribution is 2.22. The normalized spacial score (nSPS) is 13.8. The molecule has 0 saturated carbocycles. The van der Waals surface area contributed by atoms with Crippen LogP contribution in [0.25, 0.3) is 0 Å². The Morgan fingerprint density at radius 2 is 2.00 bits per heavy atom. The molecule has 1 aromatic carbocycles. The van der Waals surface area contributed by atoms with E-state index >= 15 is 0 Å². The number of likely N-dealkylation sites (tertiary alicyclic amines) is 1. The van der Waals surface area contributed by atoms with Crippen molar-refractivity contribution in [2.24, 2.45) is 5.73 Å². The standard InChI is InChI=1S/C17H27N3O2.2ClH/c1-14-13-15(19-17(21)5-4-8-18)6-7-16(14)22-12-11-20-9-2-3-10-20;;/h6-7,13H,2-5,8-12,18H2,1H3,(H,19,21);2*1H. The molecular formula is C17H29Cl2N3O2. The summed E-state index contributed by atoms with van der Waals surface area (Å²) in [6.07, 6.45) is 3.78. The number of anilines is 1. The lowest BCUT2D eigenvalue weighted by Gasteiger charge is -2.16. The summed E-state index contributed by atoms with van der Waals surface area (Å²) in [5.41, 5.74) is 7.26. The Bertz CT molecular complexity index is 495. The number of hydrogen-bond acceptors (Lipinski definition) is 4. The summed E-state index contributed by atoms with van der Waals surface area (Å²) < 4.78 is 5.85. The smallest absolute Gasteiger partial charge is 0.224 e. The fraction of sp³-hybridized carbons (Fsp3) is 0.588. The lowest BCUT2D eigenvalue weighted by atomic mass is 10.2. The third kappa shape index (κ3) is 7.71. The van der Waals surface area contributed by atoms with Crippen LogP contribution < -0.4 is 15.8 Å². The van der Waals surface area contributed by atoms with Crippen molar-refractivity contribution in [1.82, 2.24) is 4.90 Å². The molecule has 0 radical (unpaired) electrons. The van der Waals surface area contributed by atoms with Gasteiger partial charge in [0.05, 0.1) is 0 Å². The van der Waals surface area contributed by atoms with Crippen LogP contribution in [0.2, 0.25) is 0 Å². The largest absolute Gasteiger partial charge is 0.492 e. The number of carbonyl (C=O) groups excluding carboxylic acids is 1. The van der Waals surface area contributed by atoms with Gasteiger partial charge < -0.3 is 15.8 Å². The van der Waals surface area contributed by atoms with E-state index < -0.39 is 0 Å². The summed E-state index contributed by atoms with van der Waals surface area (Å²) in [4.78, 5) is 14.1. The van der Waals surface area contributed by atoms with Gasteiger partial charge >= 0.3 is 0 Å². The predicted molar refractivity (Wildman–Crippen MR) is 104 cm³/mol. The highest BCUT2D eigenvalue weighted by atomic mass is 35.5. The zero-order chi connectivity index (χ0) is 15.8. The molecule has 1 fully saturated rings. The molecule has 5 nitrogen and oxygen atoms in total. The minimum atomic E-state index is 0. The van der Waals surface area contributed by atoms with Crippen LogP contribution in [0, 0.1) is 6.92 Å². The van der Waals surface area contributed by atoms with Gasteiger partial charge in [0.1, 0.15) is 12.4 Å². The van der Waals surface area contributed by atoms with Crippen LogP contribution >= 0.6 is 24.8 Å². The first-order chi connectivity index (χ1) is 10.7. The van der Waals surface area contributed by atoms with Gasteiger partial charge in [0.25, 0.3) is 0 Å². The Hall–Kier alpha value is -1.01. The van der Waals surface area contributed by atoms with E-state index in [0.29, 0.717) is 26.0 Å². The third-order valence-electron chi connectivity index (χ3n) is 3.93. The van der Waals surface area contributed by atoms with Crippen LogP contribution in [0.5, 0.6) is 5.75 Å². The van der Waals surface area contributed by atoms with Crippen LogP contribution in [-0.4, -0.2) is 43.6 Å². The number of carbonyl (C=O) groups is 1. The molecule has 0 unspecified atom stereocenters. The van der Waals surface area contributed by atoms with Gasteiger partial charge in [-0.25, -0.2) is 0 Å². The monoisotopic (exact) mass is 377 g/mol. The number of aryl methyl sites for hydroxylation is 1. The fourth-order valence-corrected chi connectivity index (χ4v) is 2.67. The fourth-order valence-electron chi connectivity index (χ4n) is 2.67. The highest BCUT2D eigenvalue weighted by Gasteiger charge is 2.11. The second kappa shape index (κ2) is 12.4. The quantitative estimate of drug-likeness (QED) is 0.730. The number of amides is 1. The highest BCUT2D eigenvalue weighted by molar-refractivity contribution is 5.90. The Balaban J connectivity index is 0.00000264. The van der Waals surface area contributed by atoms with E-state index in [1.807, 2.05) is 25.1 Å². The van der Waals surface area contributed by atoms with E-state index in [0.717, 1.165) is 23.5 Å². The van der Waals surface area contributed by atoms with Crippen LogP contribution in [0.1, 0.15) is 31.2 Å². The van der Waals surface area contributed by atoms with Gasteiger partial charge in [-0.3, -0.25) is 9.69 Å². The van der Waals surface area contributed by atoms with E-state index in [9.17, 15) is 4.79 Å². The van der Waals surface area contributed by atoms with Crippen LogP contribution in [0.4, 0.5) is 5.69 Å². The molecule has 1 aromatic rings. The maximum absolute atomic E-state index is 11.7. The van der Waals surface area contributed by atoms with Crippen molar-refractivity contribution in [2.45, 2.75) is 32.6 Å². The molecule has 1 saturated heterocycles. The SMILES string of the molecule is Cc1cc(NC(=O)CCCN)ccc1OCCN1CCCC1.Cl.Cl. The molecule has 0 atom stereocenters. The third-order valence-corrected chi connectivity index (χ3v) is 3.93. The first kappa shape index (κ1) is 23.0. The molecule has 3 N–H and O–H groups in total. The van der Waals surface area contributed by atoms with Gasteiger partial charge in [0.15, 0.2) is 0 Å². The first-order valence-electron chi connectivity index (χ1n) is 8.15. The zero-order valence-corrected chi connectivity index (χ0v) is 15.9. The molecule has 1 aliphatic heterocycles. The Labute approximate surface area is 157 Å². The second-order valence-corrected chi connectivity index (χ2v) is 5.82. The van der Waals surface area contributed by atoms with Gasteiger partial charge in [0, 0.05) is 18.7 Å². The van der Waals surface area contributed by atoms with Crippen molar-refractivity contribution in [3.63, 3.8) is 0 Å². The predicted octanol–water partition coefficient (Wildman–Crippen LogP) is 2.99. The van der Waals surface area contributed by atoms with Crippen molar-refractivity contribution in [2.75, 3.05) is 38.1 Å². The van der Waals surface area contributed by atoms with Gasteiger partial charge in [-0.2, -0.15) is 0 Å². The average molecular weight is 378 g/mol. The Kier molecular flexibility index (Phi) is 11.8. The molecule has 1 heterocycles. The summed E-state index contributed by atoms with van der Waals surface area (Å²) in [6.45, 7) is 6.61. The molecule has 24 heavy (non-hydrogen) atoms.